The highest BCUT2D eigenvalue weighted by Crippen LogP contribution is 2.14. The summed E-state index contributed by atoms with van der Waals surface area (Å²) in [6, 6.07) is 7.33. The van der Waals surface area contributed by atoms with E-state index in [1.54, 1.807) is 0 Å². The van der Waals surface area contributed by atoms with Crippen molar-refractivity contribution in [1.82, 2.24) is 19.6 Å². The minimum Gasteiger partial charge on any atom is -0.311 e. The van der Waals surface area contributed by atoms with Crippen LogP contribution in [0, 0.1) is 0 Å². The number of nitrogens with one attached hydrogen (secondary N) is 1. The fourth-order valence-corrected chi connectivity index (χ4v) is 2.76. The molecule has 1 aliphatic heterocycles. The average molecular weight is 258 g/mol. The normalized spacial score (nSPS) is 24.9. The second-order valence-corrected chi connectivity index (χ2v) is 5.49. The Labute approximate surface area is 114 Å². The van der Waals surface area contributed by atoms with Gasteiger partial charge in [-0.15, -0.1) is 0 Å². The number of aromatic nitrogens is 2. The van der Waals surface area contributed by atoms with Gasteiger partial charge >= 0.3 is 0 Å². The number of pyridine rings is 1. The Kier molecular flexibility index (Phi) is 3.53. The van der Waals surface area contributed by atoms with Crippen LogP contribution in [-0.2, 0) is 6.54 Å². The zero-order valence-electron chi connectivity index (χ0n) is 11.7. The summed E-state index contributed by atoms with van der Waals surface area (Å²) in [4.78, 5) is 7.23. The first-order chi connectivity index (χ1) is 9.26. The van der Waals surface area contributed by atoms with E-state index in [-0.39, 0.29) is 0 Å². The molecule has 0 saturated carbocycles. The van der Waals surface area contributed by atoms with Gasteiger partial charge < -0.3 is 9.72 Å². The molecule has 3 rings (SSSR count). The molecule has 0 radical (unpaired) electrons. The van der Waals surface area contributed by atoms with Gasteiger partial charge in [-0.3, -0.25) is 4.90 Å². The number of rotatable bonds is 3. The van der Waals surface area contributed by atoms with E-state index < -0.39 is 0 Å². The van der Waals surface area contributed by atoms with Crippen molar-refractivity contribution in [1.29, 1.82) is 0 Å². The molecule has 4 nitrogen and oxygen atoms in total. The van der Waals surface area contributed by atoms with E-state index >= 15 is 0 Å². The molecule has 19 heavy (non-hydrogen) atoms. The summed E-state index contributed by atoms with van der Waals surface area (Å²) >= 11 is 0. The van der Waals surface area contributed by atoms with Crippen LogP contribution in [-0.4, -0.2) is 39.5 Å². The van der Waals surface area contributed by atoms with Crippen LogP contribution in [0.4, 0.5) is 0 Å². The summed E-state index contributed by atoms with van der Waals surface area (Å²) < 4.78 is 2.10. The Morgan fingerprint density at radius 3 is 3.11 bits per heavy atom. The molecule has 2 unspecified atom stereocenters. The predicted molar refractivity (Wildman–Crippen MR) is 77.1 cm³/mol. The zero-order chi connectivity index (χ0) is 13.2. The number of imidazole rings is 1. The van der Waals surface area contributed by atoms with Crippen molar-refractivity contribution >= 4 is 5.65 Å². The first-order valence-corrected chi connectivity index (χ1v) is 7.16. The molecule has 3 heterocycles. The topological polar surface area (TPSA) is 32.6 Å². The van der Waals surface area contributed by atoms with E-state index in [4.69, 9.17) is 4.98 Å². The maximum absolute atomic E-state index is 4.69. The summed E-state index contributed by atoms with van der Waals surface area (Å²) in [6.45, 7) is 7.67. The van der Waals surface area contributed by atoms with Gasteiger partial charge in [0.1, 0.15) is 5.65 Å². The third kappa shape index (κ3) is 2.65. The van der Waals surface area contributed by atoms with Crippen molar-refractivity contribution in [3.63, 3.8) is 0 Å². The van der Waals surface area contributed by atoms with Gasteiger partial charge in [-0.1, -0.05) is 13.0 Å². The van der Waals surface area contributed by atoms with Crippen LogP contribution < -0.4 is 5.32 Å². The monoisotopic (exact) mass is 258 g/mol. The van der Waals surface area contributed by atoms with Crippen LogP contribution >= 0.6 is 0 Å². The highest BCUT2D eigenvalue weighted by Gasteiger charge is 2.24. The lowest BCUT2D eigenvalue weighted by atomic mass is 10.1. The predicted octanol–water partition coefficient (Wildman–Crippen LogP) is 1.91. The van der Waals surface area contributed by atoms with Gasteiger partial charge in [-0.2, -0.15) is 0 Å². The minimum atomic E-state index is 0.576. The number of fused-ring (bicyclic) bond motifs is 1. The highest BCUT2D eigenvalue weighted by atomic mass is 15.2. The van der Waals surface area contributed by atoms with Crippen LogP contribution in [0.1, 0.15) is 26.0 Å². The second kappa shape index (κ2) is 5.31. The summed E-state index contributed by atoms with van der Waals surface area (Å²) in [5.41, 5.74) is 2.20. The minimum absolute atomic E-state index is 0.576. The lowest BCUT2D eigenvalue weighted by Crippen LogP contribution is -2.54. The Bertz CT molecular complexity index is 515. The lowest BCUT2D eigenvalue weighted by molar-refractivity contribution is 0.130. The van der Waals surface area contributed by atoms with E-state index in [1.807, 2.05) is 12.1 Å². The maximum Gasteiger partial charge on any atom is 0.137 e. The maximum atomic E-state index is 4.69. The number of hydrogen-bond donors (Lipinski definition) is 1. The fourth-order valence-electron chi connectivity index (χ4n) is 2.76. The molecule has 1 aliphatic rings. The molecule has 2 aromatic heterocycles. The van der Waals surface area contributed by atoms with Gasteiger partial charge in [-0.25, -0.2) is 4.98 Å². The molecule has 4 heteroatoms. The molecule has 1 fully saturated rings. The third-order valence-corrected chi connectivity index (χ3v) is 4.05. The first kappa shape index (κ1) is 12.6. The Balaban J connectivity index is 1.75. The highest BCUT2D eigenvalue weighted by molar-refractivity contribution is 5.39. The van der Waals surface area contributed by atoms with Crippen LogP contribution in [0.15, 0.2) is 30.6 Å². The van der Waals surface area contributed by atoms with Crippen molar-refractivity contribution in [3.8, 4) is 0 Å². The molecule has 1 N–H and O–H groups in total. The zero-order valence-corrected chi connectivity index (χ0v) is 11.7. The SMILES string of the molecule is CCC1CN(Cc2cn3ccccc3n2)C(C)CN1. The summed E-state index contributed by atoms with van der Waals surface area (Å²) in [5.74, 6) is 0. The largest absolute Gasteiger partial charge is 0.311 e. The van der Waals surface area contributed by atoms with Crippen LogP contribution in [0.2, 0.25) is 0 Å². The van der Waals surface area contributed by atoms with Gasteiger partial charge in [-0.05, 0) is 25.5 Å². The van der Waals surface area contributed by atoms with Crippen LogP contribution in [0.5, 0.6) is 0 Å². The number of hydrogen-bond acceptors (Lipinski definition) is 3. The molecule has 1 saturated heterocycles. The third-order valence-electron chi connectivity index (χ3n) is 4.05. The molecule has 0 bridgehead atoms. The van der Waals surface area contributed by atoms with Crippen LogP contribution in [0.3, 0.4) is 0 Å². The molecular weight excluding hydrogens is 236 g/mol. The molecule has 0 amide bonds. The van der Waals surface area contributed by atoms with E-state index in [0.717, 1.165) is 31.0 Å². The molecule has 0 aliphatic carbocycles. The quantitative estimate of drug-likeness (QED) is 0.913. The fraction of sp³-hybridized carbons (Fsp3) is 0.533. The van der Waals surface area contributed by atoms with Gasteiger partial charge in [0.15, 0.2) is 0 Å². The van der Waals surface area contributed by atoms with E-state index in [2.05, 4.69) is 46.9 Å². The molecule has 0 spiro atoms. The summed E-state index contributed by atoms with van der Waals surface area (Å²) in [6.07, 6.45) is 5.39. The van der Waals surface area contributed by atoms with E-state index in [9.17, 15) is 0 Å². The molecule has 2 aromatic rings. The summed E-state index contributed by atoms with van der Waals surface area (Å²) in [5, 5.41) is 3.59. The standard InChI is InChI=1S/C15H22N4/c1-3-13-9-19(12(2)8-16-13)11-14-10-18-7-5-4-6-15(18)17-14/h4-7,10,12-13,16H,3,8-9,11H2,1-2H3. The van der Waals surface area contributed by atoms with Crippen molar-refractivity contribution in [2.75, 3.05) is 13.1 Å². The van der Waals surface area contributed by atoms with Crippen molar-refractivity contribution in [2.24, 2.45) is 0 Å². The summed E-state index contributed by atoms with van der Waals surface area (Å²) in [7, 11) is 0. The van der Waals surface area contributed by atoms with E-state index in [0.29, 0.717) is 12.1 Å². The second-order valence-electron chi connectivity index (χ2n) is 5.49. The molecule has 0 aromatic carbocycles. The first-order valence-electron chi connectivity index (χ1n) is 7.16. The Morgan fingerprint density at radius 2 is 2.32 bits per heavy atom. The molecule has 102 valence electrons. The average Bonchev–Trinajstić information content (AvgIpc) is 2.83. The molecule has 2 atom stereocenters. The number of nitrogens with zero attached hydrogens (tertiary/aromatic N) is 3. The van der Waals surface area contributed by atoms with Crippen molar-refractivity contribution < 1.29 is 0 Å². The Morgan fingerprint density at radius 1 is 1.42 bits per heavy atom. The van der Waals surface area contributed by atoms with Gasteiger partial charge in [0.2, 0.25) is 0 Å². The van der Waals surface area contributed by atoms with Gasteiger partial charge in [0, 0.05) is 44.1 Å². The smallest absolute Gasteiger partial charge is 0.137 e. The van der Waals surface area contributed by atoms with Crippen molar-refractivity contribution in [3.05, 3.63) is 36.3 Å². The lowest BCUT2D eigenvalue weighted by Gasteiger charge is -2.38. The van der Waals surface area contributed by atoms with Gasteiger partial charge in [0.05, 0.1) is 5.69 Å². The van der Waals surface area contributed by atoms with Crippen LogP contribution in [0.25, 0.3) is 5.65 Å². The molecular formula is C15H22N4. The Hall–Kier alpha value is -1.39. The van der Waals surface area contributed by atoms with Crippen molar-refractivity contribution in [2.45, 2.75) is 38.9 Å². The van der Waals surface area contributed by atoms with E-state index in [1.165, 1.54) is 6.42 Å². The van der Waals surface area contributed by atoms with Gasteiger partial charge in [0.25, 0.3) is 0 Å². The number of piperazine rings is 1.